The molecular weight excluding hydrogens is 397 g/mol. The molecule has 0 aliphatic rings. The van der Waals surface area contributed by atoms with E-state index in [4.69, 9.17) is 4.74 Å². The van der Waals surface area contributed by atoms with Crippen LogP contribution in [0, 0.1) is 5.82 Å². The van der Waals surface area contributed by atoms with Gasteiger partial charge in [0.15, 0.2) is 0 Å². The van der Waals surface area contributed by atoms with E-state index in [2.05, 4.69) is 10.6 Å². The number of hydrogen-bond donors (Lipinski definition) is 2. The highest BCUT2D eigenvalue weighted by atomic mass is 19.1. The van der Waals surface area contributed by atoms with Gasteiger partial charge in [0, 0.05) is 30.9 Å². The first-order valence-electron chi connectivity index (χ1n) is 9.84. The van der Waals surface area contributed by atoms with Crippen molar-refractivity contribution in [1.29, 1.82) is 0 Å². The van der Waals surface area contributed by atoms with Gasteiger partial charge in [0.25, 0.3) is 5.91 Å². The van der Waals surface area contributed by atoms with Crippen molar-refractivity contribution < 1.29 is 18.7 Å². The number of hydrogen-bond acceptors (Lipinski definition) is 3. The Labute approximate surface area is 180 Å². The Morgan fingerprint density at radius 2 is 1.58 bits per heavy atom. The second-order valence-electron chi connectivity index (χ2n) is 6.76. The predicted octanol–water partition coefficient (Wildman–Crippen LogP) is 3.98. The van der Waals surface area contributed by atoms with Crippen molar-refractivity contribution >= 4 is 17.6 Å². The highest BCUT2D eigenvalue weighted by molar-refractivity contribution is 6.06. The molecule has 160 valence electrons. The van der Waals surface area contributed by atoms with Crippen molar-refractivity contribution in [3.63, 3.8) is 0 Å². The Bertz CT molecular complexity index is 993. The van der Waals surface area contributed by atoms with Gasteiger partial charge in [-0.25, -0.2) is 9.18 Å². The summed E-state index contributed by atoms with van der Waals surface area (Å²) in [6.45, 7) is 0.842. The molecule has 3 rings (SSSR count). The molecule has 0 spiro atoms. The van der Waals surface area contributed by atoms with Crippen LogP contribution in [0.25, 0.3) is 0 Å². The molecule has 0 aromatic heterocycles. The quantitative estimate of drug-likeness (QED) is 0.578. The normalized spacial score (nSPS) is 10.3. The summed E-state index contributed by atoms with van der Waals surface area (Å²) in [6, 6.07) is 21.6. The van der Waals surface area contributed by atoms with E-state index in [0.717, 1.165) is 5.56 Å². The zero-order chi connectivity index (χ0) is 22.1. The Kier molecular flexibility index (Phi) is 7.59. The zero-order valence-corrected chi connectivity index (χ0v) is 17.2. The molecule has 6 nitrogen and oxygen atoms in total. The van der Waals surface area contributed by atoms with E-state index < -0.39 is 0 Å². The van der Waals surface area contributed by atoms with Crippen LogP contribution in [0.3, 0.4) is 0 Å². The number of amides is 3. The number of nitrogens with zero attached hydrogens (tertiary/aromatic N) is 1. The smallest absolute Gasteiger partial charge is 0.315 e. The lowest BCUT2D eigenvalue weighted by Crippen LogP contribution is -2.42. The van der Waals surface area contributed by atoms with Gasteiger partial charge in [0.1, 0.15) is 11.6 Å². The number of carbonyl (C=O) groups excluding carboxylic acids is 2. The SMILES string of the molecule is COc1ccc(C(=O)N(CCNC(=O)NCc2ccccc2)c2ccc(F)cc2)cc1. The molecule has 0 bridgehead atoms. The van der Waals surface area contributed by atoms with E-state index in [0.29, 0.717) is 23.5 Å². The number of benzene rings is 3. The fourth-order valence-electron chi connectivity index (χ4n) is 2.98. The minimum Gasteiger partial charge on any atom is -0.497 e. The molecule has 0 saturated carbocycles. The average Bonchev–Trinajstić information content (AvgIpc) is 2.81. The number of methoxy groups -OCH3 is 1. The molecular formula is C24H24FN3O3. The number of ether oxygens (including phenoxy) is 1. The Morgan fingerprint density at radius 1 is 0.903 bits per heavy atom. The summed E-state index contributed by atoms with van der Waals surface area (Å²) in [5, 5.41) is 5.53. The molecule has 0 saturated heterocycles. The van der Waals surface area contributed by atoms with Gasteiger partial charge in [0.2, 0.25) is 0 Å². The van der Waals surface area contributed by atoms with Crippen LogP contribution < -0.4 is 20.3 Å². The van der Waals surface area contributed by atoms with Crippen molar-refractivity contribution in [2.24, 2.45) is 0 Å². The first-order chi connectivity index (χ1) is 15.1. The number of urea groups is 1. The van der Waals surface area contributed by atoms with Crippen molar-refractivity contribution in [3.8, 4) is 5.75 Å². The maximum Gasteiger partial charge on any atom is 0.315 e. The Morgan fingerprint density at radius 3 is 2.23 bits per heavy atom. The Balaban J connectivity index is 1.63. The van der Waals surface area contributed by atoms with Gasteiger partial charge in [-0.15, -0.1) is 0 Å². The monoisotopic (exact) mass is 421 g/mol. The second-order valence-corrected chi connectivity index (χ2v) is 6.76. The summed E-state index contributed by atoms with van der Waals surface area (Å²) in [5.41, 5.74) is 1.98. The fourth-order valence-corrected chi connectivity index (χ4v) is 2.98. The average molecular weight is 421 g/mol. The first-order valence-corrected chi connectivity index (χ1v) is 9.84. The third-order valence-electron chi connectivity index (χ3n) is 4.64. The predicted molar refractivity (Wildman–Crippen MR) is 118 cm³/mol. The van der Waals surface area contributed by atoms with Crippen LogP contribution in [-0.2, 0) is 6.54 Å². The highest BCUT2D eigenvalue weighted by Crippen LogP contribution is 2.19. The molecule has 0 unspecified atom stereocenters. The van der Waals surface area contributed by atoms with Crippen LogP contribution in [0.2, 0.25) is 0 Å². The van der Waals surface area contributed by atoms with Crippen molar-refractivity contribution in [3.05, 3.63) is 95.8 Å². The third-order valence-corrected chi connectivity index (χ3v) is 4.64. The van der Waals surface area contributed by atoms with E-state index in [1.54, 1.807) is 31.4 Å². The van der Waals surface area contributed by atoms with Gasteiger partial charge in [0.05, 0.1) is 7.11 Å². The maximum absolute atomic E-state index is 13.4. The number of halogens is 1. The first kappa shape index (κ1) is 21.8. The summed E-state index contributed by atoms with van der Waals surface area (Å²) < 4.78 is 18.5. The minimum atomic E-state index is -0.390. The summed E-state index contributed by atoms with van der Waals surface area (Å²) in [7, 11) is 1.55. The standard InChI is InChI=1S/C24H24FN3O3/c1-31-22-13-7-19(8-14-22)23(29)28(21-11-9-20(25)10-12-21)16-15-26-24(30)27-17-18-5-3-2-4-6-18/h2-14H,15-17H2,1H3,(H2,26,27,30). The minimum absolute atomic E-state index is 0.218. The maximum atomic E-state index is 13.4. The lowest BCUT2D eigenvalue weighted by atomic mass is 10.1. The molecule has 0 radical (unpaired) electrons. The van der Waals surface area contributed by atoms with Crippen LogP contribution in [0.15, 0.2) is 78.9 Å². The molecule has 0 atom stereocenters. The van der Waals surface area contributed by atoms with Crippen LogP contribution in [-0.4, -0.2) is 32.1 Å². The van der Waals surface area contributed by atoms with Gasteiger partial charge in [-0.2, -0.15) is 0 Å². The van der Waals surface area contributed by atoms with Crippen molar-refractivity contribution in [1.82, 2.24) is 10.6 Å². The molecule has 0 aliphatic heterocycles. The lowest BCUT2D eigenvalue weighted by Gasteiger charge is -2.23. The van der Waals surface area contributed by atoms with Gasteiger partial charge in [-0.1, -0.05) is 30.3 Å². The van der Waals surface area contributed by atoms with Gasteiger partial charge < -0.3 is 20.3 Å². The summed E-state index contributed by atoms with van der Waals surface area (Å²) >= 11 is 0. The van der Waals surface area contributed by atoms with Gasteiger partial charge in [-0.3, -0.25) is 4.79 Å². The number of anilines is 1. The van der Waals surface area contributed by atoms with E-state index in [9.17, 15) is 14.0 Å². The van der Waals surface area contributed by atoms with Crippen LogP contribution in [0.1, 0.15) is 15.9 Å². The van der Waals surface area contributed by atoms with Crippen LogP contribution in [0.4, 0.5) is 14.9 Å². The molecule has 31 heavy (non-hydrogen) atoms. The topological polar surface area (TPSA) is 70.7 Å². The third kappa shape index (κ3) is 6.30. The Hall–Kier alpha value is -3.87. The number of carbonyl (C=O) groups is 2. The van der Waals surface area contributed by atoms with E-state index in [1.165, 1.54) is 29.2 Å². The van der Waals surface area contributed by atoms with E-state index in [1.807, 2.05) is 30.3 Å². The fraction of sp³-hybridized carbons (Fsp3) is 0.167. The second kappa shape index (κ2) is 10.8. The van der Waals surface area contributed by atoms with Crippen molar-refractivity contribution in [2.75, 3.05) is 25.1 Å². The molecule has 3 aromatic rings. The van der Waals surface area contributed by atoms with Gasteiger partial charge in [-0.05, 0) is 54.1 Å². The van der Waals surface area contributed by atoms with Crippen LogP contribution in [0.5, 0.6) is 5.75 Å². The largest absolute Gasteiger partial charge is 0.497 e. The number of rotatable bonds is 8. The molecule has 0 fully saturated rings. The zero-order valence-electron chi connectivity index (χ0n) is 17.2. The molecule has 0 aliphatic carbocycles. The van der Waals surface area contributed by atoms with Crippen molar-refractivity contribution in [2.45, 2.75) is 6.54 Å². The molecule has 3 aromatic carbocycles. The lowest BCUT2D eigenvalue weighted by molar-refractivity contribution is 0.0987. The number of nitrogens with one attached hydrogen (secondary N) is 2. The van der Waals surface area contributed by atoms with E-state index >= 15 is 0 Å². The summed E-state index contributed by atoms with van der Waals surface area (Å²) in [5.74, 6) is -0.0126. The molecule has 3 amide bonds. The molecule has 2 N–H and O–H groups in total. The van der Waals surface area contributed by atoms with E-state index in [-0.39, 0.29) is 30.8 Å². The highest BCUT2D eigenvalue weighted by Gasteiger charge is 2.18. The van der Waals surface area contributed by atoms with Gasteiger partial charge >= 0.3 is 6.03 Å². The van der Waals surface area contributed by atoms with Crippen LogP contribution >= 0.6 is 0 Å². The molecule has 7 heteroatoms. The summed E-state index contributed by atoms with van der Waals surface area (Å²) in [4.78, 5) is 26.7. The summed E-state index contributed by atoms with van der Waals surface area (Å²) in [6.07, 6.45) is 0. The molecule has 0 heterocycles.